The second-order valence-corrected chi connectivity index (χ2v) is 3.55. The summed E-state index contributed by atoms with van der Waals surface area (Å²) in [5.41, 5.74) is 13.7. The van der Waals surface area contributed by atoms with Gasteiger partial charge in [-0.05, 0) is 30.0 Å². The van der Waals surface area contributed by atoms with E-state index in [0.29, 0.717) is 12.1 Å². The van der Waals surface area contributed by atoms with Gasteiger partial charge in [0.15, 0.2) is 0 Å². The van der Waals surface area contributed by atoms with Crippen molar-refractivity contribution in [3.63, 3.8) is 0 Å². The molecule has 0 saturated heterocycles. The molecule has 0 bridgehead atoms. The minimum atomic E-state index is -0.964. The standard InChI is InChI=1S/C10H12N2O2/c11-7-3-2-6-5(7)1-4-8(12)9(6)10(13)14/h1,4,7H,2-3,11-12H2,(H,13,14). The summed E-state index contributed by atoms with van der Waals surface area (Å²) >= 11 is 0. The van der Waals surface area contributed by atoms with E-state index in [4.69, 9.17) is 16.6 Å². The van der Waals surface area contributed by atoms with Crippen LogP contribution in [0.2, 0.25) is 0 Å². The van der Waals surface area contributed by atoms with Gasteiger partial charge in [-0.2, -0.15) is 0 Å². The predicted molar refractivity (Wildman–Crippen MR) is 53.1 cm³/mol. The third-order valence-corrected chi connectivity index (χ3v) is 2.70. The van der Waals surface area contributed by atoms with Crippen molar-refractivity contribution in [3.8, 4) is 0 Å². The van der Waals surface area contributed by atoms with Gasteiger partial charge in [0.2, 0.25) is 0 Å². The van der Waals surface area contributed by atoms with Gasteiger partial charge < -0.3 is 16.6 Å². The predicted octanol–water partition coefficient (Wildman–Crippen LogP) is 0.913. The van der Waals surface area contributed by atoms with E-state index in [0.717, 1.165) is 17.5 Å². The summed E-state index contributed by atoms with van der Waals surface area (Å²) in [4.78, 5) is 11.0. The van der Waals surface area contributed by atoms with E-state index >= 15 is 0 Å². The molecule has 0 heterocycles. The molecule has 4 heteroatoms. The molecule has 1 unspecified atom stereocenters. The van der Waals surface area contributed by atoms with Crippen LogP contribution < -0.4 is 11.5 Å². The van der Waals surface area contributed by atoms with E-state index in [2.05, 4.69) is 0 Å². The highest BCUT2D eigenvalue weighted by Crippen LogP contribution is 2.34. The molecule has 1 aromatic carbocycles. The van der Waals surface area contributed by atoms with Gasteiger partial charge in [-0.15, -0.1) is 0 Å². The van der Waals surface area contributed by atoms with Crippen LogP contribution in [-0.4, -0.2) is 11.1 Å². The fourth-order valence-corrected chi connectivity index (χ4v) is 2.01. The highest BCUT2D eigenvalue weighted by molar-refractivity contribution is 5.96. The lowest BCUT2D eigenvalue weighted by molar-refractivity contribution is 0.0697. The minimum absolute atomic E-state index is 0.0382. The van der Waals surface area contributed by atoms with Crippen molar-refractivity contribution >= 4 is 11.7 Å². The highest BCUT2D eigenvalue weighted by atomic mass is 16.4. The maximum atomic E-state index is 11.0. The van der Waals surface area contributed by atoms with E-state index < -0.39 is 5.97 Å². The molecule has 5 N–H and O–H groups in total. The number of aromatic carboxylic acids is 1. The van der Waals surface area contributed by atoms with E-state index in [1.807, 2.05) is 6.07 Å². The maximum Gasteiger partial charge on any atom is 0.338 e. The van der Waals surface area contributed by atoms with Crippen molar-refractivity contribution in [3.05, 3.63) is 28.8 Å². The van der Waals surface area contributed by atoms with Crippen molar-refractivity contribution in [2.45, 2.75) is 18.9 Å². The number of fused-ring (bicyclic) bond motifs is 1. The van der Waals surface area contributed by atoms with E-state index in [1.54, 1.807) is 6.07 Å². The molecule has 1 aromatic rings. The van der Waals surface area contributed by atoms with Crippen molar-refractivity contribution in [2.75, 3.05) is 5.73 Å². The van der Waals surface area contributed by atoms with Crippen molar-refractivity contribution in [2.24, 2.45) is 5.73 Å². The largest absolute Gasteiger partial charge is 0.478 e. The summed E-state index contributed by atoms with van der Waals surface area (Å²) in [6.07, 6.45) is 1.52. The van der Waals surface area contributed by atoms with Crippen LogP contribution >= 0.6 is 0 Å². The average molecular weight is 192 g/mol. The number of nitrogen functional groups attached to an aromatic ring is 1. The highest BCUT2D eigenvalue weighted by Gasteiger charge is 2.25. The Bertz CT molecular complexity index is 401. The monoisotopic (exact) mass is 192 g/mol. The Kier molecular flexibility index (Phi) is 1.93. The number of carbonyl (C=O) groups is 1. The summed E-state index contributed by atoms with van der Waals surface area (Å²) in [6, 6.07) is 3.41. The first-order valence-electron chi connectivity index (χ1n) is 4.51. The zero-order valence-electron chi connectivity index (χ0n) is 7.66. The molecular formula is C10H12N2O2. The summed E-state index contributed by atoms with van der Waals surface area (Å²) < 4.78 is 0. The summed E-state index contributed by atoms with van der Waals surface area (Å²) in [7, 11) is 0. The normalized spacial score (nSPS) is 19.4. The smallest absolute Gasteiger partial charge is 0.338 e. The number of benzene rings is 1. The third-order valence-electron chi connectivity index (χ3n) is 2.70. The van der Waals surface area contributed by atoms with Crippen LogP contribution in [0.25, 0.3) is 0 Å². The molecule has 0 fully saturated rings. The Morgan fingerprint density at radius 3 is 2.86 bits per heavy atom. The molecule has 74 valence electrons. The zero-order chi connectivity index (χ0) is 10.3. The van der Waals surface area contributed by atoms with Gasteiger partial charge in [0.1, 0.15) is 0 Å². The molecule has 2 rings (SSSR count). The van der Waals surface area contributed by atoms with Crippen LogP contribution in [0.1, 0.15) is 33.9 Å². The molecular weight excluding hydrogens is 180 g/mol. The fraction of sp³-hybridized carbons (Fsp3) is 0.300. The summed E-state index contributed by atoms with van der Waals surface area (Å²) in [6.45, 7) is 0. The molecule has 1 aliphatic rings. The van der Waals surface area contributed by atoms with Crippen LogP contribution in [-0.2, 0) is 6.42 Å². The van der Waals surface area contributed by atoms with Crippen LogP contribution in [0.5, 0.6) is 0 Å². The van der Waals surface area contributed by atoms with E-state index in [-0.39, 0.29) is 11.6 Å². The lowest BCUT2D eigenvalue weighted by atomic mass is 10.0. The minimum Gasteiger partial charge on any atom is -0.478 e. The second kappa shape index (κ2) is 2.99. The van der Waals surface area contributed by atoms with E-state index in [9.17, 15) is 4.79 Å². The Morgan fingerprint density at radius 2 is 2.21 bits per heavy atom. The van der Waals surface area contributed by atoms with E-state index in [1.165, 1.54) is 0 Å². The number of hydrogen-bond donors (Lipinski definition) is 3. The Balaban J connectivity index is 2.65. The molecule has 0 spiro atoms. The number of carboxylic acids is 1. The van der Waals surface area contributed by atoms with Gasteiger partial charge in [0.25, 0.3) is 0 Å². The average Bonchev–Trinajstić information content (AvgIpc) is 2.47. The molecule has 14 heavy (non-hydrogen) atoms. The second-order valence-electron chi connectivity index (χ2n) is 3.55. The van der Waals surface area contributed by atoms with Crippen LogP contribution in [0.4, 0.5) is 5.69 Å². The van der Waals surface area contributed by atoms with Crippen LogP contribution in [0.3, 0.4) is 0 Å². The molecule has 1 atom stereocenters. The first kappa shape index (κ1) is 9.02. The molecule has 0 radical (unpaired) electrons. The maximum absolute atomic E-state index is 11.0. The number of anilines is 1. The fourth-order valence-electron chi connectivity index (χ4n) is 2.01. The number of rotatable bonds is 1. The number of nitrogens with two attached hydrogens (primary N) is 2. The topological polar surface area (TPSA) is 89.3 Å². The molecule has 0 amide bonds. The first-order chi connectivity index (χ1) is 6.61. The van der Waals surface area contributed by atoms with Gasteiger partial charge in [0.05, 0.1) is 5.56 Å². The molecule has 0 aromatic heterocycles. The van der Waals surface area contributed by atoms with Crippen molar-refractivity contribution < 1.29 is 9.90 Å². The Labute approximate surface area is 81.5 Å². The van der Waals surface area contributed by atoms with Gasteiger partial charge in [-0.3, -0.25) is 0 Å². The SMILES string of the molecule is Nc1ccc2c(c1C(=O)O)CCC2N. The third kappa shape index (κ3) is 1.15. The lowest BCUT2D eigenvalue weighted by Gasteiger charge is -2.08. The summed E-state index contributed by atoms with van der Waals surface area (Å²) in [5.74, 6) is -0.964. The Morgan fingerprint density at radius 1 is 1.50 bits per heavy atom. The van der Waals surface area contributed by atoms with Gasteiger partial charge in [-0.25, -0.2) is 4.79 Å². The first-order valence-corrected chi connectivity index (χ1v) is 4.51. The molecule has 4 nitrogen and oxygen atoms in total. The van der Waals surface area contributed by atoms with Gasteiger partial charge >= 0.3 is 5.97 Å². The van der Waals surface area contributed by atoms with Crippen molar-refractivity contribution in [1.29, 1.82) is 0 Å². The summed E-state index contributed by atoms with van der Waals surface area (Å²) in [5, 5.41) is 9.00. The van der Waals surface area contributed by atoms with Gasteiger partial charge in [-0.1, -0.05) is 6.07 Å². The van der Waals surface area contributed by atoms with Crippen LogP contribution in [0.15, 0.2) is 12.1 Å². The number of carboxylic acid groups (broad SMARTS) is 1. The number of hydrogen-bond acceptors (Lipinski definition) is 3. The lowest BCUT2D eigenvalue weighted by Crippen LogP contribution is -2.09. The Hall–Kier alpha value is -1.55. The van der Waals surface area contributed by atoms with Crippen LogP contribution in [0, 0.1) is 0 Å². The molecule has 1 aliphatic carbocycles. The zero-order valence-corrected chi connectivity index (χ0v) is 7.66. The molecule has 0 aliphatic heterocycles. The van der Waals surface area contributed by atoms with Gasteiger partial charge in [0, 0.05) is 11.7 Å². The molecule has 0 saturated carbocycles. The van der Waals surface area contributed by atoms with Crippen molar-refractivity contribution in [1.82, 2.24) is 0 Å². The quantitative estimate of drug-likeness (QED) is 0.577.